The quantitative estimate of drug-likeness (QED) is 0.217. The third-order valence-electron chi connectivity index (χ3n) is 4.58. The summed E-state index contributed by atoms with van der Waals surface area (Å²) in [6, 6.07) is 46.0. The van der Waals surface area contributed by atoms with E-state index in [9.17, 15) is 10.2 Å². The first kappa shape index (κ1) is 25.8. The number of fused-ring (bicyclic) bond motifs is 2. The minimum Gasteiger partial charge on any atom is -0.872 e. The molecule has 0 heterocycles. The average molecular weight is 508 g/mol. The van der Waals surface area contributed by atoms with Crippen LogP contribution in [0.4, 0.5) is 0 Å². The summed E-state index contributed by atoms with van der Waals surface area (Å²) in [6.45, 7) is 0. The minimum absolute atomic E-state index is 0. The molecule has 0 atom stereocenters. The van der Waals surface area contributed by atoms with E-state index in [4.69, 9.17) is 0 Å². The minimum atomic E-state index is 0. The number of para-hydroxylation sites is 2. The fraction of sp³-hybridized carbons (Fsp3) is 0. The van der Waals surface area contributed by atoms with Gasteiger partial charge in [-0.25, -0.2) is 0 Å². The van der Waals surface area contributed by atoms with Gasteiger partial charge in [-0.05, 0) is 0 Å². The van der Waals surface area contributed by atoms with Gasteiger partial charge in [-0.15, -0.1) is 70.8 Å². The molecule has 0 fully saturated rings. The van der Waals surface area contributed by atoms with Crippen molar-refractivity contribution in [3.05, 3.63) is 146 Å². The predicted molar refractivity (Wildman–Crippen MR) is 131 cm³/mol. The Kier molecular flexibility index (Phi) is 11.4. The van der Waals surface area contributed by atoms with Crippen molar-refractivity contribution in [2.75, 3.05) is 0 Å². The Morgan fingerprint density at radius 3 is 1.03 bits per heavy atom. The number of hydrogen-bond acceptors (Lipinski definition) is 2. The van der Waals surface area contributed by atoms with Crippen molar-refractivity contribution in [3.63, 3.8) is 0 Å². The molecule has 0 aliphatic rings. The second-order valence-corrected chi connectivity index (χ2v) is 6.94. The average Bonchev–Trinajstić information content (AvgIpc) is 3.51. The van der Waals surface area contributed by atoms with Crippen molar-refractivity contribution in [3.8, 4) is 11.5 Å². The van der Waals surface area contributed by atoms with Crippen LogP contribution in [0.1, 0.15) is 0 Å². The van der Waals surface area contributed by atoms with Crippen molar-refractivity contribution in [1.29, 1.82) is 0 Å². The maximum absolute atomic E-state index is 10.3. The molecule has 6 aromatic carbocycles. The first-order valence-electron chi connectivity index (χ1n) is 10.4. The van der Waals surface area contributed by atoms with E-state index in [-0.39, 0.29) is 37.7 Å². The van der Waals surface area contributed by atoms with E-state index < -0.39 is 0 Å². The largest absolute Gasteiger partial charge is 4.00 e. The third kappa shape index (κ3) is 9.31. The van der Waals surface area contributed by atoms with Gasteiger partial charge in [0.2, 0.25) is 0 Å². The number of hydrogen-bond donors (Lipinski definition) is 0. The van der Waals surface area contributed by atoms with Gasteiger partial charge in [0.25, 0.3) is 0 Å². The molecule has 0 saturated carbocycles. The molecule has 0 aliphatic heterocycles. The van der Waals surface area contributed by atoms with Gasteiger partial charge < -0.3 is 10.2 Å². The van der Waals surface area contributed by atoms with Crippen molar-refractivity contribution in [2.24, 2.45) is 0 Å². The zero-order valence-electron chi connectivity index (χ0n) is 18.2. The maximum Gasteiger partial charge on any atom is 4.00 e. The molecule has 160 valence electrons. The Balaban J connectivity index is 0.000000155. The van der Waals surface area contributed by atoms with E-state index in [1.54, 1.807) is 24.3 Å². The number of benzene rings is 4. The number of rotatable bonds is 0. The molecule has 0 spiro atoms. The van der Waals surface area contributed by atoms with E-state index in [0.29, 0.717) is 0 Å². The second-order valence-electron chi connectivity index (χ2n) is 6.94. The molecular weight excluding hydrogens is 484 g/mol. The summed E-state index contributed by atoms with van der Waals surface area (Å²) in [5.74, 6) is 0.144. The van der Waals surface area contributed by atoms with Crippen molar-refractivity contribution in [1.82, 2.24) is 0 Å². The van der Waals surface area contributed by atoms with Gasteiger partial charge in [0.05, 0.1) is 0 Å². The van der Waals surface area contributed by atoms with Crippen LogP contribution in [0.5, 0.6) is 11.5 Å². The smallest absolute Gasteiger partial charge is 0.872 e. The molecule has 33 heavy (non-hydrogen) atoms. The first-order chi connectivity index (χ1) is 15.7. The second kappa shape index (κ2) is 14.6. The zero-order valence-corrected chi connectivity index (χ0v) is 20.6. The molecule has 0 aliphatic carbocycles. The monoisotopic (exact) mass is 506 g/mol. The molecule has 2 nitrogen and oxygen atoms in total. The molecule has 6 rings (SSSR count). The fourth-order valence-electron chi connectivity index (χ4n) is 2.98. The Morgan fingerprint density at radius 2 is 0.727 bits per heavy atom. The summed E-state index contributed by atoms with van der Waals surface area (Å²) in [5.41, 5.74) is 0. The third-order valence-corrected chi connectivity index (χ3v) is 4.58. The van der Waals surface area contributed by atoms with Crippen LogP contribution in [-0.4, -0.2) is 0 Å². The summed E-state index contributed by atoms with van der Waals surface area (Å²) >= 11 is 0. The van der Waals surface area contributed by atoms with E-state index in [2.05, 4.69) is 84.9 Å². The van der Waals surface area contributed by atoms with E-state index in [1.807, 2.05) is 12.1 Å². The molecule has 0 radical (unpaired) electrons. The van der Waals surface area contributed by atoms with Gasteiger partial charge in [-0.1, -0.05) is 72.8 Å². The molecule has 0 unspecified atom stereocenters. The molecule has 0 aromatic heterocycles. The SMILES string of the molecule is [O-]c1ccccc1.[O-]c1ccccc1.[Zr+4].c1ccc2[cH-]ccc2c1.c1ccc2[cH-]ccc2c1. The van der Waals surface area contributed by atoms with Crippen LogP contribution in [0.15, 0.2) is 146 Å². The Bertz CT molecular complexity index is 1120. The summed E-state index contributed by atoms with van der Waals surface area (Å²) < 4.78 is 0. The first-order valence-corrected chi connectivity index (χ1v) is 10.4. The van der Waals surface area contributed by atoms with Crippen molar-refractivity contribution in [2.45, 2.75) is 0 Å². The normalized spacial score (nSPS) is 9.21. The van der Waals surface area contributed by atoms with Crippen LogP contribution in [0.25, 0.3) is 21.5 Å². The van der Waals surface area contributed by atoms with Gasteiger partial charge in [0.15, 0.2) is 0 Å². The topological polar surface area (TPSA) is 46.1 Å². The van der Waals surface area contributed by atoms with Crippen LogP contribution >= 0.6 is 0 Å². The van der Waals surface area contributed by atoms with Gasteiger partial charge >= 0.3 is 26.2 Å². The molecule has 0 amide bonds. The zero-order chi connectivity index (χ0) is 22.4. The van der Waals surface area contributed by atoms with E-state index in [0.717, 1.165) is 0 Å². The maximum atomic E-state index is 10.3. The van der Waals surface area contributed by atoms with Crippen LogP contribution in [-0.2, 0) is 26.2 Å². The van der Waals surface area contributed by atoms with E-state index >= 15 is 0 Å². The fourth-order valence-corrected chi connectivity index (χ4v) is 2.98. The molecule has 0 N–H and O–H groups in total. The van der Waals surface area contributed by atoms with Gasteiger partial charge in [0, 0.05) is 0 Å². The van der Waals surface area contributed by atoms with Crippen LogP contribution < -0.4 is 10.2 Å². The molecule has 6 aromatic rings. The van der Waals surface area contributed by atoms with Gasteiger partial charge in [0.1, 0.15) is 0 Å². The molecular formula is C30H24O2Zr. The summed E-state index contributed by atoms with van der Waals surface area (Å²) in [7, 11) is 0. The van der Waals surface area contributed by atoms with E-state index in [1.165, 1.54) is 45.8 Å². The van der Waals surface area contributed by atoms with Crippen LogP contribution in [0, 0.1) is 0 Å². The standard InChI is InChI=1S/2C9H7.2C6H6O.Zr/c2*1-2-5-9-7-3-6-8(9)4-1;2*7-6-4-2-1-3-5-6;/h2*1-7H;2*1-5,7H;/q2*-1;;;+4/p-2. The predicted octanol–water partition coefficient (Wildman–Crippen LogP) is 6.64. The Hall–Kier alpha value is -3.42. The summed E-state index contributed by atoms with van der Waals surface area (Å²) in [6.07, 6.45) is 0. The summed E-state index contributed by atoms with van der Waals surface area (Å²) in [4.78, 5) is 0. The van der Waals surface area contributed by atoms with Crippen molar-refractivity contribution >= 4 is 21.5 Å². The van der Waals surface area contributed by atoms with Gasteiger partial charge in [-0.2, -0.15) is 35.0 Å². The molecule has 3 heteroatoms. The Morgan fingerprint density at radius 1 is 0.394 bits per heavy atom. The van der Waals surface area contributed by atoms with Crippen LogP contribution in [0.2, 0.25) is 0 Å². The molecule has 0 bridgehead atoms. The van der Waals surface area contributed by atoms with Crippen molar-refractivity contribution < 1.29 is 36.4 Å². The van der Waals surface area contributed by atoms with Crippen LogP contribution in [0.3, 0.4) is 0 Å². The Labute approximate surface area is 214 Å². The summed E-state index contributed by atoms with van der Waals surface area (Å²) in [5, 5.41) is 25.9. The molecule has 0 saturated heterocycles. The van der Waals surface area contributed by atoms with Gasteiger partial charge in [-0.3, -0.25) is 0 Å².